The van der Waals surface area contributed by atoms with Crippen LogP contribution in [0.5, 0.6) is 0 Å². The fourth-order valence-corrected chi connectivity index (χ4v) is 4.15. The van der Waals surface area contributed by atoms with Gasteiger partial charge in [0.25, 0.3) is 0 Å². The Hall–Kier alpha value is -0.580. The van der Waals surface area contributed by atoms with Gasteiger partial charge in [-0.2, -0.15) is 0 Å². The number of benzene rings is 1. The van der Waals surface area contributed by atoms with Crippen molar-refractivity contribution in [3.63, 3.8) is 0 Å². The minimum Gasteiger partial charge on any atom is -0.343 e. The smallest absolute Gasteiger partial charge is 0.222 e. The molecular weight excluding hydrogens is 364 g/mol. The van der Waals surface area contributed by atoms with Crippen LogP contribution in [0.25, 0.3) is 0 Å². The van der Waals surface area contributed by atoms with Crippen LogP contribution >= 0.6 is 28.3 Å². The lowest BCUT2D eigenvalue weighted by atomic mass is 9.98. The van der Waals surface area contributed by atoms with Gasteiger partial charge in [0.2, 0.25) is 5.91 Å². The van der Waals surface area contributed by atoms with Crippen LogP contribution in [0.2, 0.25) is 0 Å². The molecule has 2 saturated heterocycles. The summed E-state index contributed by atoms with van der Waals surface area (Å²) in [4.78, 5) is 14.5. The second kappa shape index (κ2) is 7.80. The number of hydrogen-bond donors (Lipinski definition) is 1. The van der Waals surface area contributed by atoms with Gasteiger partial charge in [-0.1, -0.05) is 34.1 Å². The topological polar surface area (TPSA) is 32.3 Å². The standard InChI is InChI=1S/C17H23BrN2O.ClH/c1-20(15-10-13-7-8-14(11-15)19-13)17(21)9-6-12-4-2-3-5-16(12)18;/h2-5,13-15,19H,6-11H2,1H3;1H. The van der Waals surface area contributed by atoms with Crippen molar-refractivity contribution in [1.82, 2.24) is 10.2 Å². The minimum atomic E-state index is 0. The Bertz CT molecular complexity index is 513. The van der Waals surface area contributed by atoms with Crippen LogP contribution in [0.4, 0.5) is 0 Å². The Morgan fingerprint density at radius 2 is 1.91 bits per heavy atom. The van der Waals surface area contributed by atoms with Crippen LogP contribution < -0.4 is 5.32 Å². The highest BCUT2D eigenvalue weighted by molar-refractivity contribution is 9.10. The van der Waals surface area contributed by atoms with Crippen molar-refractivity contribution in [2.45, 2.75) is 56.7 Å². The molecule has 2 unspecified atom stereocenters. The maximum atomic E-state index is 12.5. The molecule has 0 aliphatic carbocycles. The predicted molar refractivity (Wildman–Crippen MR) is 95.4 cm³/mol. The molecule has 0 aromatic heterocycles. The number of piperidine rings is 1. The van der Waals surface area contributed by atoms with Crippen molar-refractivity contribution in [2.24, 2.45) is 0 Å². The lowest BCUT2D eigenvalue weighted by Gasteiger charge is -2.35. The molecule has 2 aliphatic rings. The van der Waals surface area contributed by atoms with E-state index in [0.717, 1.165) is 23.7 Å². The average molecular weight is 388 g/mol. The first-order chi connectivity index (χ1) is 10.1. The van der Waals surface area contributed by atoms with Crippen molar-refractivity contribution in [1.29, 1.82) is 0 Å². The Morgan fingerprint density at radius 1 is 1.27 bits per heavy atom. The highest BCUT2D eigenvalue weighted by atomic mass is 79.9. The van der Waals surface area contributed by atoms with Crippen molar-refractivity contribution < 1.29 is 4.79 Å². The van der Waals surface area contributed by atoms with Crippen molar-refractivity contribution in [3.05, 3.63) is 34.3 Å². The van der Waals surface area contributed by atoms with Gasteiger partial charge >= 0.3 is 0 Å². The number of amides is 1. The molecule has 22 heavy (non-hydrogen) atoms. The number of carbonyl (C=O) groups excluding carboxylic acids is 1. The summed E-state index contributed by atoms with van der Waals surface area (Å²) in [5, 5.41) is 3.64. The Labute approximate surface area is 147 Å². The van der Waals surface area contributed by atoms with Crippen molar-refractivity contribution >= 4 is 34.2 Å². The predicted octanol–water partition coefficient (Wildman–Crippen LogP) is 3.54. The summed E-state index contributed by atoms with van der Waals surface area (Å²) < 4.78 is 1.10. The number of rotatable bonds is 4. The maximum Gasteiger partial charge on any atom is 0.222 e. The Balaban J connectivity index is 0.00000176. The number of fused-ring (bicyclic) bond motifs is 2. The van der Waals surface area contributed by atoms with E-state index in [2.05, 4.69) is 27.3 Å². The molecule has 1 aromatic rings. The molecule has 5 heteroatoms. The zero-order valence-electron chi connectivity index (χ0n) is 12.9. The molecule has 2 bridgehead atoms. The summed E-state index contributed by atoms with van der Waals surface area (Å²) in [6.07, 6.45) is 6.20. The van der Waals surface area contributed by atoms with E-state index < -0.39 is 0 Å². The summed E-state index contributed by atoms with van der Waals surface area (Å²) in [6.45, 7) is 0. The van der Waals surface area contributed by atoms with E-state index in [1.165, 1.54) is 18.4 Å². The lowest BCUT2D eigenvalue weighted by Crippen LogP contribution is -2.48. The maximum absolute atomic E-state index is 12.5. The highest BCUT2D eigenvalue weighted by Crippen LogP contribution is 2.29. The van der Waals surface area contributed by atoms with E-state index in [-0.39, 0.29) is 18.3 Å². The van der Waals surface area contributed by atoms with Crippen LogP contribution in [0.15, 0.2) is 28.7 Å². The van der Waals surface area contributed by atoms with Gasteiger partial charge < -0.3 is 10.2 Å². The van der Waals surface area contributed by atoms with Crippen LogP contribution in [0, 0.1) is 0 Å². The molecule has 2 atom stereocenters. The van der Waals surface area contributed by atoms with E-state index in [0.29, 0.717) is 24.5 Å². The summed E-state index contributed by atoms with van der Waals surface area (Å²) in [7, 11) is 1.98. The molecule has 1 N–H and O–H groups in total. The summed E-state index contributed by atoms with van der Waals surface area (Å²) in [6, 6.07) is 9.84. The second-order valence-electron chi connectivity index (χ2n) is 6.36. The zero-order chi connectivity index (χ0) is 14.8. The van der Waals surface area contributed by atoms with Crippen LogP contribution in [0.1, 0.15) is 37.7 Å². The fraction of sp³-hybridized carbons (Fsp3) is 0.588. The third-order valence-corrected chi connectivity index (χ3v) is 5.73. The van der Waals surface area contributed by atoms with Crippen LogP contribution in [-0.2, 0) is 11.2 Å². The van der Waals surface area contributed by atoms with Crippen LogP contribution in [-0.4, -0.2) is 36.0 Å². The van der Waals surface area contributed by atoms with Crippen molar-refractivity contribution in [2.75, 3.05) is 7.05 Å². The van der Waals surface area contributed by atoms with Crippen molar-refractivity contribution in [3.8, 4) is 0 Å². The van der Waals surface area contributed by atoms with E-state index >= 15 is 0 Å². The van der Waals surface area contributed by atoms with E-state index in [1.54, 1.807) is 0 Å². The molecule has 3 nitrogen and oxygen atoms in total. The molecule has 2 aliphatic heterocycles. The number of hydrogen-bond acceptors (Lipinski definition) is 2. The largest absolute Gasteiger partial charge is 0.343 e. The molecule has 2 heterocycles. The van der Waals surface area contributed by atoms with Gasteiger partial charge in [0, 0.05) is 36.1 Å². The molecule has 1 amide bonds. The average Bonchev–Trinajstić information content (AvgIpc) is 2.83. The molecule has 0 spiro atoms. The van der Waals surface area contributed by atoms with Gasteiger partial charge in [-0.3, -0.25) is 4.79 Å². The number of nitrogens with zero attached hydrogens (tertiary/aromatic N) is 1. The van der Waals surface area contributed by atoms with Gasteiger partial charge in [-0.05, 0) is 43.7 Å². The number of halogens is 2. The minimum absolute atomic E-state index is 0. The highest BCUT2D eigenvalue weighted by Gasteiger charge is 2.36. The van der Waals surface area contributed by atoms with Gasteiger partial charge in [0.05, 0.1) is 0 Å². The van der Waals surface area contributed by atoms with Gasteiger partial charge in [0.1, 0.15) is 0 Å². The Kier molecular flexibility index (Phi) is 6.30. The summed E-state index contributed by atoms with van der Waals surface area (Å²) >= 11 is 3.55. The number of nitrogens with one attached hydrogen (secondary N) is 1. The number of aryl methyl sites for hydroxylation is 1. The van der Waals surface area contributed by atoms with Gasteiger partial charge in [0.15, 0.2) is 0 Å². The molecule has 3 rings (SSSR count). The third-order valence-electron chi connectivity index (χ3n) is 4.96. The molecule has 0 saturated carbocycles. The molecule has 122 valence electrons. The summed E-state index contributed by atoms with van der Waals surface area (Å²) in [5.74, 6) is 0.275. The molecule has 1 aromatic carbocycles. The van der Waals surface area contributed by atoms with Gasteiger partial charge in [-0.25, -0.2) is 0 Å². The zero-order valence-corrected chi connectivity index (χ0v) is 15.3. The third kappa shape index (κ3) is 4.03. The molecule has 2 fully saturated rings. The van der Waals surface area contributed by atoms with E-state index in [1.807, 2.05) is 30.1 Å². The SMILES string of the molecule is CN(C(=O)CCc1ccccc1Br)C1CC2CCC(C1)N2.Cl. The first-order valence-corrected chi connectivity index (χ1v) is 8.68. The summed E-state index contributed by atoms with van der Waals surface area (Å²) in [5.41, 5.74) is 1.21. The quantitative estimate of drug-likeness (QED) is 0.857. The van der Waals surface area contributed by atoms with E-state index in [9.17, 15) is 4.79 Å². The van der Waals surface area contributed by atoms with Crippen LogP contribution in [0.3, 0.4) is 0 Å². The first-order valence-electron chi connectivity index (χ1n) is 7.88. The first kappa shape index (κ1) is 17.8. The van der Waals surface area contributed by atoms with Gasteiger partial charge in [-0.15, -0.1) is 12.4 Å². The second-order valence-corrected chi connectivity index (χ2v) is 7.21. The molecule has 0 radical (unpaired) electrons. The fourth-order valence-electron chi connectivity index (χ4n) is 3.67. The lowest BCUT2D eigenvalue weighted by molar-refractivity contribution is -0.132. The molecular formula is C17H24BrClN2O. The Morgan fingerprint density at radius 3 is 2.55 bits per heavy atom. The van der Waals surface area contributed by atoms with E-state index in [4.69, 9.17) is 0 Å². The normalized spacial score (nSPS) is 26.4. The number of carbonyl (C=O) groups is 1. The monoisotopic (exact) mass is 386 g/mol.